The number of hydrogen-bond donors (Lipinski definition) is 1. The van der Waals surface area contributed by atoms with Crippen LogP contribution in [0.5, 0.6) is 5.75 Å². The molecule has 0 radical (unpaired) electrons. The molecule has 5 nitrogen and oxygen atoms in total. The molecule has 0 fully saturated rings. The van der Waals surface area contributed by atoms with E-state index in [1.165, 1.54) is 4.90 Å². The molecular weight excluding hydrogens is 515 g/mol. The molecule has 2 amide bonds. The van der Waals surface area contributed by atoms with Crippen LogP contribution in [-0.2, 0) is 16.1 Å². The Labute approximate surface area is 208 Å². The van der Waals surface area contributed by atoms with Crippen molar-refractivity contribution in [1.82, 2.24) is 10.2 Å². The van der Waals surface area contributed by atoms with E-state index in [2.05, 4.69) is 35.1 Å². The Morgan fingerprint density at radius 2 is 1.84 bits per heavy atom. The summed E-state index contributed by atoms with van der Waals surface area (Å²) in [5.41, 5.74) is 1.87. The van der Waals surface area contributed by atoms with E-state index in [4.69, 9.17) is 27.9 Å². The Morgan fingerprint density at radius 3 is 2.41 bits per heavy atom. The van der Waals surface area contributed by atoms with Crippen molar-refractivity contribution in [3.63, 3.8) is 0 Å². The van der Waals surface area contributed by atoms with Gasteiger partial charge in [-0.2, -0.15) is 0 Å². The monoisotopic (exact) mass is 542 g/mol. The summed E-state index contributed by atoms with van der Waals surface area (Å²) in [6, 6.07) is 10.2. The highest BCUT2D eigenvalue weighted by molar-refractivity contribution is 9.10. The van der Waals surface area contributed by atoms with E-state index in [0.29, 0.717) is 40.2 Å². The molecule has 0 aliphatic carbocycles. The average molecular weight is 544 g/mol. The van der Waals surface area contributed by atoms with Gasteiger partial charge >= 0.3 is 0 Å². The lowest BCUT2D eigenvalue weighted by molar-refractivity contribution is -0.142. The van der Waals surface area contributed by atoms with Gasteiger partial charge in [0.05, 0.1) is 4.47 Å². The van der Waals surface area contributed by atoms with E-state index >= 15 is 0 Å². The molecule has 0 spiro atoms. The minimum atomic E-state index is -0.649. The van der Waals surface area contributed by atoms with E-state index in [1.807, 2.05) is 32.0 Å². The van der Waals surface area contributed by atoms with Crippen LogP contribution in [0.4, 0.5) is 0 Å². The van der Waals surface area contributed by atoms with Gasteiger partial charge in [-0.3, -0.25) is 9.59 Å². The SMILES string of the molecule is CCNC(=O)C(CC)N(Cc1ccc(Cl)cc1Cl)C(=O)COc1ccc(C(C)C)cc1Br. The van der Waals surface area contributed by atoms with Crippen molar-refractivity contribution in [2.24, 2.45) is 0 Å². The van der Waals surface area contributed by atoms with Crippen LogP contribution in [0.2, 0.25) is 10.0 Å². The fourth-order valence-electron chi connectivity index (χ4n) is 3.26. The number of nitrogens with zero attached hydrogens (tertiary/aromatic N) is 1. The molecule has 0 saturated carbocycles. The Hall–Kier alpha value is -1.76. The fourth-order valence-corrected chi connectivity index (χ4v) is 4.24. The number of halogens is 3. The van der Waals surface area contributed by atoms with Crippen LogP contribution in [0.25, 0.3) is 0 Å². The predicted molar refractivity (Wildman–Crippen MR) is 134 cm³/mol. The van der Waals surface area contributed by atoms with Gasteiger partial charge in [-0.05, 0) is 70.6 Å². The second-order valence-corrected chi connectivity index (χ2v) is 9.41. The average Bonchev–Trinajstić information content (AvgIpc) is 2.74. The lowest BCUT2D eigenvalue weighted by Crippen LogP contribution is -2.50. The molecular formula is C24H29BrCl2N2O3. The van der Waals surface area contributed by atoms with Crippen LogP contribution in [-0.4, -0.2) is 35.9 Å². The maximum Gasteiger partial charge on any atom is 0.261 e. The third-order valence-corrected chi connectivity index (χ3v) is 6.27. The molecule has 0 aromatic heterocycles. The number of ether oxygens (including phenoxy) is 1. The lowest BCUT2D eigenvalue weighted by Gasteiger charge is -2.30. The van der Waals surface area contributed by atoms with Crippen LogP contribution in [0.1, 0.15) is 51.2 Å². The number of hydrogen-bond acceptors (Lipinski definition) is 3. The van der Waals surface area contributed by atoms with E-state index in [9.17, 15) is 9.59 Å². The van der Waals surface area contributed by atoms with Crippen molar-refractivity contribution >= 4 is 50.9 Å². The number of benzene rings is 2. The third-order valence-electron chi connectivity index (χ3n) is 5.07. The molecule has 0 bridgehead atoms. The van der Waals surface area contributed by atoms with Gasteiger partial charge in [-0.1, -0.05) is 56.1 Å². The zero-order chi connectivity index (χ0) is 23.8. The molecule has 0 aliphatic heterocycles. The van der Waals surface area contributed by atoms with Gasteiger partial charge in [0, 0.05) is 23.1 Å². The standard InChI is InChI=1S/C24H29BrCl2N2O3/c1-5-21(24(31)28-6-2)29(13-17-7-9-18(26)12-20(17)27)23(30)14-32-22-10-8-16(15(3)4)11-19(22)25/h7-12,15,21H,5-6,13-14H2,1-4H3,(H,28,31). The Balaban J connectivity index is 2.25. The lowest BCUT2D eigenvalue weighted by atomic mass is 10.0. The molecule has 1 N–H and O–H groups in total. The van der Waals surface area contributed by atoms with Crippen LogP contribution in [0.15, 0.2) is 40.9 Å². The Kier molecular flexibility index (Phi) is 10.3. The molecule has 2 rings (SSSR count). The topological polar surface area (TPSA) is 58.6 Å². The summed E-state index contributed by atoms with van der Waals surface area (Å²) >= 11 is 15.9. The molecule has 0 aliphatic rings. The normalized spacial score (nSPS) is 11.9. The zero-order valence-corrected chi connectivity index (χ0v) is 21.9. The summed E-state index contributed by atoms with van der Waals surface area (Å²) in [6.45, 7) is 8.36. The van der Waals surface area contributed by atoms with Gasteiger partial charge in [-0.15, -0.1) is 0 Å². The van der Waals surface area contributed by atoms with Crippen molar-refractivity contribution < 1.29 is 14.3 Å². The minimum absolute atomic E-state index is 0.168. The van der Waals surface area contributed by atoms with Crippen molar-refractivity contribution in [2.45, 2.75) is 52.6 Å². The maximum atomic E-state index is 13.2. The van der Waals surface area contributed by atoms with Gasteiger partial charge in [0.15, 0.2) is 6.61 Å². The smallest absolute Gasteiger partial charge is 0.261 e. The number of rotatable bonds is 10. The Bertz CT molecular complexity index is 953. The van der Waals surface area contributed by atoms with Gasteiger partial charge in [-0.25, -0.2) is 0 Å². The first-order chi connectivity index (χ1) is 15.2. The summed E-state index contributed by atoms with van der Waals surface area (Å²) in [6.07, 6.45) is 0.454. The van der Waals surface area contributed by atoms with Crippen molar-refractivity contribution in [1.29, 1.82) is 0 Å². The summed E-state index contributed by atoms with van der Waals surface area (Å²) in [5, 5.41) is 3.75. The Morgan fingerprint density at radius 1 is 1.12 bits per heavy atom. The molecule has 1 atom stereocenters. The number of carbonyl (C=O) groups excluding carboxylic acids is 2. The van der Waals surface area contributed by atoms with Gasteiger partial charge in [0.2, 0.25) is 5.91 Å². The summed E-state index contributed by atoms with van der Waals surface area (Å²) in [4.78, 5) is 27.4. The predicted octanol–water partition coefficient (Wildman–Crippen LogP) is 6.20. The molecule has 2 aromatic carbocycles. The maximum absolute atomic E-state index is 13.2. The molecule has 0 heterocycles. The highest BCUT2D eigenvalue weighted by Crippen LogP contribution is 2.29. The van der Waals surface area contributed by atoms with E-state index in [1.54, 1.807) is 18.2 Å². The first kappa shape index (κ1) is 26.5. The summed E-state index contributed by atoms with van der Waals surface area (Å²) < 4.78 is 6.59. The first-order valence-corrected chi connectivity index (χ1v) is 12.2. The number of nitrogens with one attached hydrogen (secondary N) is 1. The van der Waals surface area contributed by atoms with Gasteiger partial charge in [0.25, 0.3) is 5.91 Å². The van der Waals surface area contributed by atoms with Crippen LogP contribution >= 0.6 is 39.1 Å². The largest absolute Gasteiger partial charge is 0.483 e. The molecule has 8 heteroatoms. The van der Waals surface area contributed by atoms with Crippen molar-refractivity contribution in [3.8, 4) is 5.75 Å². The fraction of sp³-hybridized carbons (Fsp3) is 0.417. The van der Waals surface area contributed by atoms with E-state index < -0.39 is 6.04 Å². The summed E-state index contributed by atoms with van der Waals surface area (Å²) in [5.74, 6) is 0.423. The van der Waals surface area contributed by atoms with E-state index in [-0.39, 0.29) is 25.0 Å². The quantitative estimate of drug-likeness (QED) is 0.388. The highest BCUT2D eigenvalue weighted by atomic mass is 79.9. The molecule has 32 heavy (non-hydrogen) atoms. The van der Waals surface area contributed by atoms with Crippen LogP contribution < -0.4 is 10.1 Å². The van der Waals surface area contributed by atoms with Crippen LogP contribution in [0.3, 0.4) is 0 Å². The molecule has 174 valence electrons. The molecule has 2 aromatic rings. The number of likely N-dealkylation sites (N-methyl/N-ethyl adjacent to an activating group) is 1. The van der Waals surface area contributed by atoms with Crippen molar-refractivity contribution in [3.05, 3.63) is 62.0 Å². The summed E-state index contributed by atoms with van der Waals surface area (Å²) in [7, 11) is 0. The van der Waals surface area contributed by atoms with Gasteiger partial charge < -0.3 is 15.0 Å². The number of carbonyl (C=O) groups is 2. The highest BCUT2D eigenvalue weighted by Gasteiger charge is 2.29. The van der Waals surface area contributed by atoms with Crippen molar-refractivity contribution in [2.75, 3.05) is 13.2 Å². The second kappa shape index (κ2) is 12.5. The molecule has 0 saturated heterocycles. The first-order valence-electron chi connectivity index (χ1n) is 10.6. The molecule has 1 unspecified atom stereocenters. The second-order valence-electron chi connectivity index (χ2n) is 7.71. The van der Waals surface area contributed by atoms with Gasteiger partial charge in [0.1, 0.15) is 11.8 Å². The third kappa shape index (κ3) is 7.12. The van der Waals surface area contributed by atoms with E-state index in [0.717, 1.165) is 10.0 Å². The zero-order valence-electron chi connectivity index (χ0n) is 18.8. The minimum Gasteiger partial charge on any atom is -0.483 e. The number of amides is 2. The van der Waals surface area contributed by atoms with Crippen LogP contribution in [0, 0.1) is 0 Å².